The normalized spacial score (nSPS) is 20.4. The number of hydrogen-bond acceptors (Lipinski definition) is 0. The third kappa shape index (κ3) is 1.61. The molecule has 0 aliphatic heterocycles. The van der Waals surface area contributed by atoms with E-state index in [0.29, 0.717) is 0 Å². The summed E-state index contributed by atoms with van der Waals surface area (Å²) in [6.07, 6.45) is 5.80. The summed E-state index contributed by atoms with van der Waals surface area (Å²) in [6, 6.07) is 0. The summed E-state index contributed by atoms with van der Waals surface area (Å²) in [4.78, 5) is 0. The van der Waals surface area contributed by atoms with Gasteiger partial charge in [0.2, 0.25) is 0 Å². The summed E-state index contributed by atoms with van der Waals surface area (Å²) in [6.45, 7) is 2.24. The maximum absolute atomic E-state index is 2.46. The molecule has 1 heteroatoms. The minimum atomic E-state index is -1.37. The Labute approximate surface area is 67.2 Å². The van der Waals surface area contributed by atoms with Crippen LogP contribution < -0.4 is 0 Å². The van der Waals surface area contributed by atoms with Crippen molar-refractivity contribution in [3.05, 3.63) is 21.7 Å². The van der Waals surface area contributed by atoms with Crippen LogP contribution >= 0.6 is 0 Å². The van der Waals surface area contributed by atoms with Gasteiger partial charge in [-0.3, -0.25) is 0 Å². The molecule has 0 spiro atoms. The van der Waals surface area contributed by atoms with E-state index in [9.17, 15) is 0 Å². The van der Waals surface area contributed by atoms with Crippen molar-refractivity contribution < 1.29 is 16.1 Å². The van der Waals surface area contributed by atoms with Crippen molar-refractivity contribution in [2.24, 2.45) is 0 Å². The third-order valence-electron chi connectivity index (χ3n) is 1.63. The molecule has 0 nitrogen and oxygen atoms in total. The molecule has 0 heterocycles. The molecule has 62 valence electrons. The molecule has 0 saturated heterocycles. The summed E-state index contributed by atoms with van der Waals surface area (Å²) in [5.41, 5.74) is 1.55. The van der Waals surface area contributed by atoms with Crippen molar-refractivity contribution in [1.82, 2.24) is 0 Å². The van der Waals surface area contributed by atoms with E-state index >= 15 is 0 Å². The monoisotopic (exact) mass is 319 g/mol. The molecule has 0 bridgehead atoms. The van der Waals surface area contributed by atoms with Gasteiger partial charge in [-0.15, -0.1) is 0 Å². The average Bonchev–Trinajstić information content (AvgIpc) is 2.11. The van der Waals surface area contributed by atoms with Gasteiger partial charge >= 0.3 is 67.0 Å². The summed E-state index contributed by atoms with van der Waals surface area (Å²) in [7, 11) is 0. The van der Waals surface area contributed by atoms with Gasteiger partial charge in [0, 0.05) is 0 Å². The zero-order valence-corrected chi connectivity index (χ0v) is 9.45. The van der Waals surface area contributed by atoms with Crippen molar-refractivity contribution in [3.63, 3.8) is 0 Å². The first-order valence-corrected chi connectivity index (χ1v) is 11.2. The van der Waals surface area contributed by atoms with Crippen LogP contribution in [-0.2, 0) is 16.1 Å². The molecule has 0 atom stereocenters. The molecule has 0 aromatic heterocycles. The van der Waals surface area contributed by atoms with E-state index in [4.69, 9.17) is 0 Å². The summed E-state index contributed by atoms with van der Waals surface area (Å²) >= 11 is -1.37. The second-order valence-corrected chi connectivity index (χ2v) is 14.7. The summed E-state index contributed by atoms with van der Waals surface area (Å²) in [5, 5.41) is 7.37. The minimum absolute atomic E-state index is 1.24. The summed E-state index contributed by atoms with van der Waals surface area (Å²) < 4.78 is 1.77. The van der Waals surface area contributed by atoms with Gasteiger partial charge in [-0.05, 0) is 0 Å². The SMILES string of the molecule is CC1=[C]([Pt]([CH3])([CH3])[CH3])CC=C1. The van der Waals surface area contributed by atoms with E-state index in [-0.39, 0.29) is 0 Å². The van der Waals surface area contributed by atoms with Crippen LogP contribution in [0.25, 0.3) is 0 Å². The van der Waals surface area contributed by atoms with Gasteiger partial charge in [-0.25, -0.2) is 0 Å². The Morgan fingerprint density at radius 1 is 1.30 bits per heavy atom. The van der Waals surface area contributed by atoms with E-state index in [1.54, 1.807) is 9.54 Å². The number of rotatable bonds is 1. The first kappa shape index (κ1) is 8.27. The Hall–Kier alpha value is 0.168. The fourth-order valence-corrected chi connectivity index (χ4v) is 5.68. The number of allylic oxidation sites excluding steroid dienone is 4. The molecule has 0 aromatic carbocycles. The van der Waals surface area contributed by atoms with E-state index in [1.807, 2.05) is 0 Å². The van der Waals surface area contributed by atoms with Gasteiger partial charge in [0.25, 0.3) is 0 Å². The fourth-order valence-electron chi connectivity index (χ4n) is 1.15. The van der Waals surface area contributed by atoms with Crippen molar-refractivity contribution >= 4 is 0 Å². The molecule has 1 aliphatic carbocycles. The first-order valence-electron chi connectivity index (χ1n) is 3.24. The van der Waals surface area contributed by atoms with Gasteiger partial charge < -0.3 is 0 Å². The molecule has 1 rings (SSSR count). The van der Waals surface area contributed by atoms with Gasteiger partial charge in [-0.2, -0.15) is 0 Å². The molecule has 0 fully saturated rings. The Bertz CT molecular complexity index is 191. The molecule has 0 aromatic rings. The van der Waals surface area contributed by atoms with Gasteiger partial charge in [0.15, 0.2) is 0 Å². The molecular formula is C9H16Pt. The van der Waals surface area contributed by atoms with Crippen LogP contribution in [0.1, 0.15) is 13.3 Å². The van der Waals surface area contributed by atoms with Crippen LogP contribution in [0, 0.1) is 0 Å². The van der Waals surface area contributed by atoms with Crippen LogP contribution in [0.5, 0.6) is 0 Å². The van der Waals surface area contributed by atoms with E-state index in [2.05, 4.69) is 35.0 Å². The molecule has 0 saturated carbocycles. The maximum atomic E-state index is 2.46. The third-order valence-corrected chi connectivity index (χ3v) is 7.10. The van der Waals surface area contributed by atoms with Crippen molar-refractivity contribution in [1.29, 1.82) is 0 Å². The Kier molecular flexibility index (Phi) is 2.20. The molecule has 0 N–H and O–H groups in total. The first-order chi connectivity index (χ1) is 4.52. The Balaban J connectivity index is 2.86. The van der Waals surface area contributed by atoms with Crippen LogP contribution in [-0.4, -0.2) is 0 Å². The second-order valence-electron chi connectivity index (χ2n) is 3.08. The van der Waals surface area contributed by atoms with Crippen molar-refractivity contribution in [3.8, 4) is 0 Å². The van der Waals surface area contributed by atoms with Crippen LogP contribution in [0.4, 0.5) is 0 Å². The van der Waals surface area contributed by atoms with Gasteiger partial charge in [0.1, 0.15) is 0 Å². The molecular weight excluding hydrogens is 303 g/mol. The zero-order chi connectivity index (χ0) is 7.78. The summed E-state index contributed by atoms with van der Waals surface area (Å²) in [5.74, 6) is 0. The van der Waals surface area contributed by atoms with E-state index < -0.39 is 16.1 Å². The standard InChI is InChI=1S/C6H7.3CH3.Pt/c1-6-4-2-3-5-6;;;;/h2,4H,3H2,1H3;3*1H3;. The molecule has 1 aliphatic rings. The molecule has 0 radical (unpaired) electrons. The van der Waals surface area contributed by atoms with Crippen LogP contribution in [0.15, 0.2) is 21.7 Å². The van der Waals surface area contributed by atoms with Gasteiger partial charge in [-0.1, -0.05) is 0 Å². The predicted octanol–water partition coefficient (Wildman–Crippen LogP) is 3.52. The zero-order valence-electron chi connectivity index (χ0n) is 7.18. The topological polar surface area (TPSA) is 0 Å². The van der Waals surface area contributed by atoms with E-state index in [0.717, 1.165) is 0 Å². The van der Waals surface area contributed by atoms with E-state index in [1.165, 1.54) is 6.42 Å². The van der Waals surface area contributed by atoms with Crippen molar-refractivity contribution in [2.75, 3.05) is 0 Å². The molecule has 10 heavy (non-hydrogen) atoms. The molecule has 0 unspecified atom stereocenters. The second kappa shape index (κ2) is 2.66. The molecule has 0 amide bonds. The van der Waals surface area contributed by atoms with Crippen LogP contribution in [0.2, 0.25) is 15.9 Å². The average molecular weight is 319 g/mol. The van der Waals surface area contributed by atoms with Crippen molar-refractivity contribution in [2.45, 2.75) is 29.3 Å². The Morgan fingerprint density at radius 2 is 1.90 bits per heavy atom. The number of hydrogen-bond donors (Lipinski definition) is 0. The van der Waals surface area contributed by atoms with Crippen LogP contribution in [0.3, 0.4) is 0 Å². The Morgan fingerprint density at radius 3 is 2.10 bits per heavy atom. The predicted molar refractivity (Wildman–Crippen MR) is 44.0 cm³/mol. The van der Waals surface area contributed by atoms with Gasteiger partial charge in [0.05, 0.1) is 0 Å². The fraction of sp³-hybridized carbons (Fsp3) is 0.556. The quantitative estimate of drug-likeness (QED) is 0.694.